The van der Waals surface area contributed by atoms with Gasteiger partial charge in [-0.1, -0.05) is 25.5 Å². The zero-order valence-corrected chi connectivity index (χ0v) is 8.38. The van der Waals surface area contributed by atoms with Crippen LogP contribution in [0.3, 0.4) is 0 Å². The van der Waals surface area contributed by atoms with Crippen LogP contribution >= 0.6 is 0 Å². The van der Waals surface area contributed by atoms with Gasteiger partial charge in [0.15, 0.2) is 5.78 Å². The van der Waals surface area contributed by atoms with Gasteiger partial charge in [-0.15, -0.1) is 6.58 Å². The number of hydrogen-bond acceptors (Lipinski definition) is 1. The van der Waals surface area contributed by atoms with Crippen molar-refractivity contribution in [3.05, 3.63) is 24.8 Å². The minimum atomic E-state index is 0.240. The van der Waals surface area contributed by atoms with E-state index in [4.69, 9.17) is 0 Å². The number of allylic oxidation sites excluding steroid dienone is 3. The zero-order valence-electron chi connectivity index (χ0n) is 8.38. The predicted octanol–water partition coefficient (Wildman–Crippen LogP) is 3.27. The van der Waals surface area contributed by atoms with Gasteiger partial charge in [-0.3, -0.25) is 4.79 Å². The molecule has 0 unspecified atom stereocenters. The van der Waals surface area contributed by atoms with E-state index in [0.29, 0.717) is 6.42 Å². The van der Waals surface area contributed by atoms with Crippen LogP contribution in [0.5, 0.6) is 0 Å². The predicted molar refractivity (Wildman–Crippen MR) is 55.5 cm³/mol. The van der Waals surface area contributed by atoms with Crippen molar-refractivity contribution < 1.29 is 4.79 Å². The molecule has 1 aliphatic carbocycles. The number of ketones is 1. The van der Waals surface area contributed by atoms with Gasteiger partial charge in [0.25, 0.3) is 0 Å². The van der Waals surface area contributed by atoms with E-state index in [-0.39, 0.29) is 11.2 Å². The first kappa shape index (κ1) is 10.2. The maximum Gasteiger partial charge on any atom is 0.155 e. The second-order valence-corrected chi connectivity index (χ2v) is 3.90. The monoisotopic (exact) mass is 178 g/mol. The van der Waals surface area contributed by atoms with Gasteiger partial charge in [0, 0.05) is 6.42 Å². The molecule has 1 nitrogen and oxygen atoms in total. The Bertz CT molecular complexity index is 227. The zero-order chi connectivity index (χ0) is 9.73. The maximum absolute atomic E-state index is 11.0. The highest BCUT2D eigenvalue weighted by Crippen LogP contribution is 2.38. The highest BCUT2D eigenvalue weighted by molar-refractivity contribution is 5.90. The number of carbonyl (C=O) groups excluding carboxylic acids is 1. The Balaban J connectivity index is 2.72. The van der Waals surface area contributed by atoms with Crippen molar-refractivity contribution in [3.8, 4) is 0 Å². The smallest absolute Gasteiger partial charge is 0.155 e. The molecule has 0 fully saturated rings. The fourth-order valence-corrected chi connectivity index (χ4v) is 2.07. The first-order chi connectivity index (χ1) is 6.22. The molecule has 0 spiro atoms. The van der Waals surface area contributed by atoms with Crippen LogP contribution in [0.25, 0.3) is 0 Å². The van der Waals surface area contributed by atoms with Crippen molar-refractivity contribution in [3.63, 3.8) is 0 Å². The molecule has 0 saturated heterocycles. The topological polar surface area (TPSA) is 17.1 Å². The van der Waals surface area contributed by atoms with Crippen LogP contribution in [0.1, 0.15) is 39.0 Å². The Morgan fingerprint density at radius 1 is 1.69 bits per heavy atom. The SMILES string of the molecule is C=CC[C@]1(CCC)C=CC(=O)CC1. The summed E-state index contributed by atoms with van der Waals surface area (Å²) < 4.78 is 0. The van der Waals surface area contributed by atoms with E-state index >= 15 is 0 Å². The van der Waals surface area contributed by atoms with E-state index in [2.05, 4.69) is 19.6 Å². The van der Waals surface area contributed by atoms with Gasteiger partial charge in [-0.05, 0) is 30.8 Å². The van der Waals surface area contributed by atoms with Gasteiger partial charge < -0.3 is 0 Å². The van der Waals surface area contributed by atoms with Crippen LogP contribution in [0, 0.1) is 5.41 Å². The van der Waals surface area contributed by atoms with E-state index in [1.54, 1.807) is 6.08 Å². The summed E-state index contributed by atoms with van der Waals surface area (Å²) in [5, 5.41) is 0. The lowest BCUT2D eigenvalue weighted by Crippen LogP contribution is -2.22. The molecular formula is C12H18O. The molecule has 0 aromatic heterocycles. The summed E-state index contributed by atoms with van der Waals surface area (Å²) in [5.41, 5.74) is 0.240. The lowest BCUT2D eigenvalue weighted by Gasteiger charge is -2.31. The Morgan fingerprint density at radius 2 is 2.46 bits per heavy atom. The maximum atomic E-state index is 11.0. The third kappa shape index (κ3) is 2.55. The summed E-state index contributed by atoms with van der Waals surface area (Å²) in [4.78, 5) is 11.0. The third-order valence-electron chi connectivity index (χ3n) is 2.79. The lowest BCUT2D eigenvalue weighted by atomic mass is 9.73. The van der Waals surface area contributed by atoms with Gasteiger partial charge >= 0.3 is 0 Å². The van der Waals surface area contributed by atoms with Crippen molar-refractivity contribution in [1.82, 2.24) is 0 Å². The Kier molecular flexibility index (Phi) is 3.47. The highest BCUT2D eigenvalue weighted by Gasteiger charge is 2.28. The fourth-order valence-electron chi connectivity index (χ4n) is 2.07. The molecule has 72 valence electrons. The molecule has 0 amide bonds. The highest BCUT2D eigenvalue weighted by atomic mass is 16.1. The second kappa shape index (κ2) is 4.40. The van der Waals surface area contributed by atoms with Crippen LogP contribution in [-0.2, 0) is 4.79 Å². The van der Waals surface area contributed by atoms with Crippen LogP contribution in [0.15, 0.2) is 24.8 Å². The normalized spacial score (nSPS) is 27.6. The van der Waals surface area contributed by atoms with E-state index in [9.17, 15) is 4.79 Å². The van der Waals surface area contributed by atoms with Crippen molar-refractivity contribution >= 4 is 5.78 Å². The lowest BCUT2D eigenvalue weighted by molar-refractivity contribution is -0.115. The van der Waals surface area contributed by atoms with Crippen LogP contribution in [0.2, 0.25) is 0 Å². The standard InChI is InChI=1S/C12H18O/c1-3-7-12(8-4-2)9-5-11(13)6-10-12/h3,5,9H,1,4,6-8,10H2,2H3/t12-/m0/s1. The minimum Gasteiger partial charge on any atom is -0.295 e. The van der Waals surface area contributed by atoms with E-state index in [0.717, 1.165) is 12.8 Å². The average molecular weight is 178 g/mol. The van der Waals surface area contributed by atoms with Gasteiger partial charge in [0.2, 0.25) is 0 Å². The summed E-state index contributed by atoms with van der Waals surface area (Å²) in [5.74, 6) is 0.274. The number of carbonyl (C=O) groups is 1. The molecule has 1 atom stereocenters. The number of rotatable bonds is 4. The quantitative estimate of drug-likeness (QED) is 0.604. The molecule has 0 aromatic rings. The average Bonchev–Trinajstić information content (AvgIpc) is 2.11. The minimum absolute atomic E-state index is 0.240. The van der Waals surface area contributed by atoms with Crippen molar-refractivity contribution in [2.75, 3.05) is 0 Å². The molecule has 0 saturated carbocycles. The molecule has 13 heavy (non-hydrogen) atoms. The Hall–Kier alpha value is -0.850. The van der Waals surface area contributed by atoms with E-state index in [1.165, 1.54) is 12.8 Å². The van der Waals surface area contributed by atoms with Crippen LogP contribution in [0.4, 0.5) is 0 Å². The largest absolute Gasteiger partial charge is 0.295 e. The Morgan fingerprint density at radius 3 is 2.92 bits per heavy atom. The second-order valence-electron chi connectivity index (χ2n) is 3.90. The van der Waals surface area contributed by atoms with E-state index in [1.807, 2.05) is 6.08 Å². The fraction of sp³-hybridized carbons (Fsp3) is 0.583. The van der Waals surface area contributed by atoms with Gasteiger partial charge in [0.05, 0.1) is 0 Å². The summed E-state index contributed by atoms with van der Waals surface area (Å²) in [6, 6.07) is 0. The van der Waals surface area contributed by atoms with Gasteiger partial charge in [0.1, 0.15) is 0 Å². The van der Waals surface area contributed by atoms with Gasteiger partial charge in [-0.2, -0.15) is 0 Å². The Labute approximate surface area is 80.5 Å². The van der Waals surface area contributed by atoms with Crippen molar-refractivity contribution in [2.24, 2.45) is 5.41 Å². The molecule has 0 aliphatic heterocycles. The summed E-state index contributed by atoms with van der Waals surface area (Å²) in [7, 11) is 0. The van der Waals surface area contributed by atoms with Gasteiger partial charge in [-0.25, -0.2) is 0 Å². The molecule has 1 aliphatic rings. The molecule has 0 radical (unpaired) electrons. The molecule has 0 aromatic carbocycles. The van der Waals surface area contributed by atoms with Crippen molar-refractivity contribution in [1.29, 1.82) is 0 Å². The molecule has 0 heterocycles. The van der Waals surface area contributed by atoms with Crippen molar-refractivity contribution in [2.45, 2.75) is 39.0 Å². The summed E-state index contributed by atoms with van der Waals surface area (Å²) in [6.07, 6.45) is 10.9. The third-order valence-corrected chi connectivity index (χ3v) is 2.79. The van der Waals surface area contributed by atoms with E-state index < -0.39 is 0 Å². The van der Waals surface area contributed by atoms with Crippen LogP contribution in [-0.4, -0.2) is 5.78 Å². The molecule has 0 bridgehead atoms. The molecule has 1 rings (SSSR count). The molecule has 0 N–H and O–H groups in total. The molecular weight excluding hydrogens is 160 g/mol. The molecule has 1 heteroatoms. The summed E-state index contributed by atoms with van der Waals surface area (Å²) in [6.45, 7) is 5.97. The number of hydrogen-bond donors (Lipinski definition) is 0. The van der Waals surface area contributed by atoms with Crippen LogP contribution < -0.4 is 0 Å². The summed E-state index contributed by atoms with van der Waals surface area (Å²) >= 11 is 0. The first-order valence-electron chi connectivity index (χ1n) is 5.05. The first-order valence-corrected chi connectivity index (χ1v) is 5.05.